The summed E-state index contributed by atoms with van der Waals surface area (Å²) in [6.45, 7) is 4.27. The van der Waals surface area contributed by atoms with Crippen molar-refractivity contribution >= 4 is 22.6 Å². The molecule has 0 saturated carbocycles. The van der Waals surface area contributed by atoms with E-state index in [0.29, 0.717) is 13.1 Å². The second kappa shape index (κ2) is 9.97. The van der Waals surface area contributed by atoms with Crippen molar-refractivity contribution in [3.05, 3.63) is 89.7 Å². The monoisotopic (exact) mass is 455 g/mol. The van der Waals surface area contributed by atoms with Crippen molar-refractivity contribution in [3.63, 3.8) is 0 Å². The van der Waals surface area contributed by atoms with Crippen LogP contribution >= 0.6 is 0 Å². The van der Waals surface area contributed by atoms with Crippen LogP contribution in [0.5, 0.6) is 5.75 Å². The molecular formula is C27H29N5O2. The lowest BCUT2D eigenvalue weighted by Crippen LogP contribution is -2.47. The Morgan fingerprint density at radius 3 is 2.68 bits per heavy atom. The average molecular weight is 456 g/mol. The van der Waals surface area contributed by atoms with Gasteiger partial charge in [-0.05, 0) is 53.1 Å². The van der Waals surface area contributed by atoms with Crippen LogP contribution in [0.1, 0.15) is 16.7 Å². The van der Waals surface area contributed by atoms with Crippen LogP contribution in [0.25, 0.3) is 11.0 Å². The summed E-state index contributed by atoms with van der Waals surface area (Å²) >= 11 is 0. The van der Waals surface area contributed by atoms with Gasteiger partial charge in [0.15, 0.2) is 0 Å². The zero-order chi connectivity index (χ0) is 23.3. The summed E-state index contributed by atoms with van der Waals surface area (Å²) in [7, 11) is 1.70. The van der Waals surface area contributed by atoms with Crippen molar-refractivity contribution in [1.29, 1.82) is 0 Å². The first-order chi connectivity index (χ1) is 16.7. The van der Waals surface area contributed by atoms with E-state index in [0.717, 1.165) is 48.6 Å². The minimum atomic E-state index is 0.0938. The Hall–Kier alpha value is -3.84. The van der Waals surface area contributed by atoms with Crippen LogP contribution in [-0.4, -0.2) is 47.5 Å². The van der Waals surface area contributed by atoms with Crippen LogP contribution < -0.4 is 15.0 Å². The average Bonchev–Trinajstić information content (AvgIpc) is 3.32. The Morgan fingerprint density at radius 1 is 1.00 bits per heavy atom. The Labute approximate surface area is 199 Å². The van der Waals surface area contributed by atoms with E-state index in [1.807, 2.05) is 12.1 Å². The number of imidazole rings is 1. The van der Waals surface area contributed by atoms with Gasteiger partial charge in [-0.1, -0.05) is 30.3 Å². The number of aromatic nitrogens is 2. The summed E-state index contributed by atoms with van der Waals surface area (Å²) in [6.07, 6.45) is 1.73. The number of methoxy groups -OCH3 is 1. The third-order valence-corrected chi connectivity index (χ3v) is 6.16. The normalized spacial score (nSPS) is 14.2. The van der Waals surface area contributed by atoms with Crippen LogP contribution in [-0.2, 0) is 24.4 Å². The zero-order valence-corrected chi connectivity index (χ0v) is 19.3. The molecule has 1 aromatic heterocycles. The van der Waals surface area contributed by atoms with E-state index in [1.165, 1.54) is 16.7 Å². The predicted octanol–water partition coefficient (Wildman–Crippen LogP) is 3.71. The van der Waals surface area contributed by atoms with Crippen LogP contribution in [0.2, 0.25) is 0 Å². The van der Waals surface area contributed by atoms with E-state index >= 15 is 0 Å². The molecule has 34 heavy (non-hydrogen) atoms. The fraction of sp³-hybridized carbons (Fsp3) is 0.259. The summed E-state index contributed by atoms with van der Waals surface area (Å²) in [4.78, 5) is 23.9. The maximum atomic E-state index is 11.8. The van der Waals surface area contributed by atoms with Crippen LogP contribution in [0.3, 0.4) is 0 Å². The van der Waals surface area contributed by atoms with E-state index in [9.17, 15) is 4.79 Å². The van der Waals surface area contributed by atoms with Gasteiger partial charge in [0.05, 0.1) is 31.0 Å². The lowest BCUT2D eigenvalue weighted by Gasteiger charge is -2.28. The van der Waals surface area contributed by atoms with E-state index in [2.05, 4.69) is 79.7 Å². The highest BCUT2D eigenvalue weighted by Gasteiger charge is 2.17. The molecule has 1 saturated heterocycles. The van der Waals surface area contributed by atoms with Crippen molar-refractivity contribution in [2.75, 3.05) is 31.6 Å². The fourth-order valence-electron chi connectivity index (χ4n) is 4.47. The first kappa shape index (κ1) is 22.0. The zero-order valence-electron chi connectivity index (χ0n) is 19.3. The lowest BCUT2D eigenvalue weighted by molar-refractivity contribution is -0.124. The minimum absolute atomic E-state index is 0.0938. The number of fused-ring (bicyclic) bond motifs is 1. The van der Waals surface area contributed by atoms with E-state index in [4.69, 9.17) is 4.74 Å². The smallest absolute Gasteiger partial charge is 0.234 e. The van der Waals surface area contributed by atoms with Crippen LogP contribution in [0, 0.1) is 0 Å². The van der Waals surface area contributed by atoms with Gasteiger partial charge in [-0.3, -0.25) is 9.69 Å². The highest BCUT2D eigenvalue weighted by atomic mass is 16.5. The molecule has 0 aliphatic carbocycles. The van der Waals surface area contributed by atoms with E-state index < -0.39 is 0 Å². The molecule has 1 aliphatic heterocycles. The maximum Gasteiger partial charge on any atom is 0.234 e. The number of anilines is 1. The Kier molecular flexibility index (Phi) is 6.44. The van der Waals surface area contributed by atoms with Gasteiger partial charge in [-0.25, -0.2) is 4.98 Å². The van der Waals surface area contributed by atoms with Crippen molar-refractivity contribution in [2.45, 2.75) is 19.6 Å². The molecular weight excluding hydrogens is 426 g/mol. The quantitative estimate of drug-likeness (QED) is 0.424. The molecule has 1 amide bonds. The largest absolute Gasteiger partial charge is 0.497 e. The second-order valence-corrected chi connectivity index (χ2v) is 8.69. The highest BCUT2D eigenvalue weighted by molar-refractivity contribution is 5.78. The second-order valence-electron chi connectivity index (χ2n) is 8.69. The fourth-order valence-corrected chi connectivity index (χ4v) is 4.47. The summed E-state index contributed by atoms with van der Waals surface area (Å²) in [5, 5.41) is 2.90. The van der Waals surface area contributed by atoms with Crippen molar-refractivity contribution in [3.8, 4) is 5.75 Å². The van der Waals surface area contributed by atoms with Crippen molar-refractivity contribution < 1.29 is 9.53 Å². The Balaban J connectivity index is 1.42. The number of rotatable bonds is 8. The number of hydrogen-bond donors (Lipinski definition) is 2. The number of nitrogens with zero attached hydrogens (tertiary/aromatic N) is 3. The summed E-state index contributed by atoms with van der Waals surface area (Å²) < 4.78 is 5.44. The predicted molar refractivity (Wildman–Crippen MR) is 134 cm³/mol. The number of ether oxygens (including phenoxy) is 1. The number of carbonyl (C=O) groups excluding carboxylic acids is 1. The highest BCUT2D eigenvalue weighted by Crippen LogP contribution is 2.25. The topological polar surface area (TPSA) is 73.5 Å². The Morgan fingerprint density at radius 2 is 1.82 bits per heavy atom. The summed E-state index contributed by atoms with van der Waals surface area (Å²) in [5.74, 6) is 0.949. The number of hydrogen-bond acceptors (Lipinski definition) is 5. The van der Waals surface area contributed by atoms with Crippen molar-refractivity contribution in [1.82, 2.24) is 20.2 Å². The number of amides is 1. The number of H-pyrrole nitrogens is 1. The molecule has 0 unspecified atom stereocenters. The molecule has 0 bridgehead atoms. The third-order valence-electron chi connectivity index (χ3n) is 6.16. The van der Waals surface area contributed by atoms with Gasteiger partial charge in [0.2, 0.25) is 5.91 Å². The van der Waals surface area contributed by atoms with Crippen molar-refractivity contribution in [2.24, 2.45) is 0 Å². The van der Waals surface area contributed by atoms with E-state index in [-0.39, 0.29) is 5.91 Å². The van der Waals surface area contributed by atoms with Gasteiger partial charge in [-0.2, -0.15) is 0 Å². The molecule has 174 valence electrons. The molecule has 4 aromatic rings. The summed E-state index contributed by atoms with van der Waals surface area (Å²) in [5.41, 5.74) is 6.74. The molecule has 7 nitrogen and oxygen atoms in total. The molecule has 2 heterocycles. The number of nitrogens with one attached hydrogen (secondary N) is 2. The van der Waals surface area contributed by atoms with Gasteiger partial charge in [0, 0.05) is 38.4 Å². The first-order valence-corrected chi connectivity index (χ1v) is 11.5. The number of carbonyl (C=O) groups is 1. The molecule has 7 heteroatoms. The lowest BCUT2D eigenvalue weighted by atomic mass is 10.1. The number of piperazine rings is 1. The van der Waals surface area contributed by atoms with Gasteiger partial charge >= 0.3 is 0 Å². The van der Waals surface area contributed by atoms with E-state index in [1.54, 1.807) is 13.4 Å². The molecule has 1 aliphatic rings. The van der Waals surface area contributed by atoms with Gasteiger partial charge in [-0.15, -0.1) is 0 Å². The molecule has 5 rings (SSSR count). The van der Waals surface area contributed by atoms with Gasteiger partial charge < -0.3 is 19.9 Å². The summed E-state index contributed by atoms with van der Waals surface area (Å²) in [6, 6.07) is 23.2. The molecule has 3 aromatic carbocycles. The third kappa shape index (κ3) is 5.21. The molecule has 2 N–H and O–H groups in total. The first-order valence-electron chi connectivity index (χ1n) is 11.5. The Bertz CT molecular complexity index is 1280. The molecule has 0 radical (unpaired) electrons. The molecule has 0 atom stereocenters. The van der Waals surface area contributed by atoms with Crippen LogP contribution in [0.4, 0.5) is 5.69 Å². The maximum absolute atomic E-state index is 11.8. The SMILES string of the molecule is COc1cccc(CN(Cc2ccc3nc[nH]c3c2)c2cccc(CN3CCNC(=O)C3)c2)c1. The van der Waals surface area contributed by atoms with Gasteiger partial charge in [0.1, 0.15) is 5.75 Å². The molecule has 1 fully saturated rings. The number of benzene rings is 3. The van der Waals surface area contributed by atoms with Gasteiger partial charge in [0.25, 0.3) is 0 Å². The van der Waals surface area contributed by atoms with Crippen LogP contribution in [0.15, 0.2) is 73.1 Å². The molecule has 0 spiro atoms. The number of aromatic amines is 1. The minimum Gasteiger partial charge on any atom is -0.497 e. The standard InChI is InChI=1S/C27H29N5O2/c1-34-24-7-3-5-21(13-24)16-32(17-22-8-9-25-26(14-22)30-19-29-25)23-6-2-4-20(12-23)15-31-11-10-28-27(33)18-31/h2-9,12-14,19H,10-11,15-18H2,1H3,(H,28,33)(H,29,30).